The van der Waals surface area contributed by atoms with Crippen molar-refractivity contribution >= 4 is 5.97 Å². The predicted molar refractivity (Wildman–Crippen MR) is 64.2 cm³/mol. The van der Waals surface area contributed by atoms with Crippen molar-refractivity contribution in [3.63, 3.8) is 0 Å². The second-order valence-electron chi connectivity index (χ2n) is 3.98. The van der Waals surface area contributed by atoms with Crippen LogP contribution < -0.4 is 5.32 Å². The maximum Gasteiger partial charge on any atom is 0.306 e. The van der Waals surface area contributed by atoms with Crippen LogP contribution in [0.25, 0.3) is 0 Å². The van der Waals surface area contributed by atoms with Crippen molar-refractivity contribution < 1.29 is 13.9 Å². The number of nitrogens with one attached hydrogen (secondary N) is 1. The molecule has 1 rings (SSSR count). The summed E-state index contributed by atoms with van der Waals surface area (Å²) in [6.07, 6.45) is 0.936. The molecule has 94 valence electrons. The van der Waals surface area contributed by atoms with Crippen molar-refractivity contribution in [3.8, 4) is 0 Å². The molecule has 0 aliphatic rings. The first kappa shape index (κ1) is 13.6. The van der Waals surface area contributed by atoms with Gasteiger partial charge < -0.3 is 10.1 Å². The van der Waals surface area contributed by atoms with Crippen molar-refractivity contribution in [1.29, 1.82) is 0 Å². The molecule has 0 aromatic heterocycles. The smallest absolute Gasteiger partial charge is 0.306 e. The molecule has 1 aromatic carbocycles. The summed E-state index contributed by atoms with van der Waals surface area (Å²) in [4.78, 5) is 10.9. The Hall–Kier alpha value is -1.42. The van der Waals surface area contributed by atoms with Gasteiger partial charge in [0.15, 0.2) is 0 Å². The van der Waals surface area contributed by atoms with E-state index in [1.54, 1.807) is 12.1 Å². The molecule has 0 radical (unpaired) electrons. The molecular weight excluding hydrogens is 221 g/mol. The van der Waals surface area contributed by atoms with Crippen molar-refractivity contribution in [2.45, 2.75) is 25.8 Å². The van der Waals surface area contributed by atoms with Gasteiger partial charge in [0.25, 0.3) is 0 Å². The highest BCUT2D eigenvalue weighted by molar-refractivity contribution is 5.69. The van der Waals surface area contributed by atoms with Crippen LogP contribution in [0.5, 0.6) is 0 Å². The Balaban J connectivity index is 2.32. The number of carbonyl (C=O) groups is 1. The number of esters is 1. The minimum absolute atomic E-state index is 0.122. The maximum atomic E-state index is 13.4. The molecule has 17 heavy (non-hydrogen) atoms. The molecule has 0 heterocycles. The number of methoxy groups -OCH3 is 1. The standard InChI is InChI=1S/C13H18FNO2/c1-10(15-8-7-13(16)17-2)9-11-5-3-4-6-12(11)14/h3-6,10,15H,7-9H2,1-2H3. The van der Waals surface area contributed by atoms with Gasteiger partial charge in [0.1, 0.15) is 5.82 Å². The Kier molecular flexibility index (Phi) is 5.63. The number of rotatable bonds is 6. The molecule has 0 amide bonds. The van der Waals surface area contributed by atoms with Gasteiger partial charge in [-0.2, -0.15) is 0 Å². The number of carbonyl (C=O) groups excluding carboxylic acids is 1. The van der Waals surface area contributed by atoms with Crippen LogP contribution in [-0.4, -0.2) is 25.7 Å². The molecular formula is C13H18FNO2. The highest BCUT2D eigenvalue weighted by atomic mass is 19.1. The minimum Gasteiger partial charge on any atom is -0.469 e. The third kappa shape index (κ3) is 4.95. The summed E-state index contributed by atoms with van der Waals surface area (Å²) in [7, 11) is 1.37. The van der Waals surface area contributed by atoms with Gasteiger partial charge in [-0.1, -0.05) is 18.2 Å². The highest BCUT2D eigenvalue weighted by Crippen LogP contribution is 2.08. The van der Waals surface area contributed by atoms with Crippen molar-refractivity contribution in [2.24, 2.45) is 0 Å². The fourth-order valence-electron chi connectivity index (χ4n) is 1.59. The zero-order valence-corrected chi connectivity index (χ0v) is 10.2. The van der Waals surface area contributed by atoms with Crippen LogP contribution in [0.15, 0.2) is 24.3 Å². The summed E-state index contributed by atoms with van der Waals surface area (Å²) in [5.74, 6) is -0.426. The molecule has 1 N–H and O–H groups in total. The quantitative estimate of drug-likeness (QED) is 0.771. The molecule has 1 unspecified atom stereocenters. The molecule has 4 heteroatoms. The second kappa shape index (κ2) is 7.01. The van der Waals surface area contributed by atoms with Gasteiger partial charge >= 0.3 is 5.97 Å². The summed E-state index contributed by atoms with van der Waals surface area (Å²) >= 11 is 0. The van der Waals surface area contributed by atoms with E-state index in [9.17, 15) is 9.18 Å². The monoisotopic (exact) mass is 239 g/mol. The minimum atomic E-state index is -0.240. The number of hydrogen-bond donors (Lipinski definition) is 1. The van der Waals surface area contributed by atoms with E-state index in [4.69, 9.17) is 0 Å². The lowest BCUT2D eigenvalue weighted by Gasteiger charge is -2.13. The van der Waals surface area contributed by atoms with E-state index in [1.165, 1.54) is 13.2 Å². The number of hydrogen-bond acceptors (Lipinski definition) is 3. The van der Waals surface area contributed by atoms with Gasteiger partial charge in [0, 0.05) is 12.6 Å². The molecule has 1 aromatic rings. The van der Waals surface area contributed by atoms with E-state index in [1.807, 2.05) is 13.0 Å². The van der Waals surface area contributed by atoms with Crippen LogP contribution in [-0.2, 0) is 16.0 Å². The maximum absolute atomic E-state index is 13.4. The van der Waals surface area contributed by atoms with E-state index >= 15 is 0 Å². The van der Waals surface area contributed by atoms with Crippen LogP contribution >= 0.6 is 0 Å². The van der Waals surface area contributed by atoms with E-state index in [0.29, 0.717) is 24.9 Å². The molecule has 3 nitrogen and oxygen atoms in total. The number of halogens is 1. The zero-order chi connectivity index (χ0) is 12.7. The Morgan fingerprint density at radius 1 is 1.47 bits per heavy atom. The van der Waals surface area contributed by atoms with Gasteiger partial charge in [-0.05, 0) is 25.0 Å². The summed E-state index contributed by atoms with van der Waals surface area (Å²) in [5, 5.41) is 3.16. The van der Waals surface area contributed by atoms with Crippen LogP contribution in [0.2, 0.25) is 0 Å². The van der Waals surface area contributed by atoms with Gasteiger partial charge in [-0.25, -0.2) is 4.39 Å². The average molecular weight is 239 g/mol. The summed E-state index contributed by atoms with van der Waals surface area (Å²) in [6, 6.07) is 6.84. The van der Waals surface area contributed by atoms with Crippen molar-refractivity contribution in [2.75, 3.05) is 13.7 Å². The largest absolute Gasteiger partial charge is 0.469 e. The predicted octanol–water partition coefficient (Wildman–Crippen LogP) is 1.91. The number of benzene rings is 1. The van der Waals surface area contributed by atoms with E-state index in [0.717, 1.165) is 0 Å². The normalized spacial score (nSPS) is 12.2. The molecule has 0 aliphatic carbocycles. The second-order valence-corrected chi connectivity index (χ2v) is 3.98. The van der Waals surface area contributed by atoms with E-state index in [-0.39, 0.29) is 17.8 Å². The van der Waals surface area contributed by atoms with Gasteiger partial charge in [0.05, 0.1) is 13.5 Å². The lowest BCUT2D eigenvalue weighted by atomic mass is 10.1. The van der Waals surface area contributed by atoms with Crippen LogP contribution in [0.3, 0.4) is 0 Å². The fourth-order valence-corrected chi connectivity index (χ4v) is 1.59. The Bertz CT molecular complexity index is 368. The van der Waals surface area contributed by atoms with E-state index in [2.05, 4.69) is 10.1 Å². The molecule has 0 fully saturated rings. The molecule has 0 aliphatic heterocycles. The summed E-state index contributed by atoms with van der Waals surface area (Å²) < 4.78 is 17.9. The first-order chi connectivity index (χ1) is 8.13. The molecule has 0 saturated heterocycles. The molecule has 0 bridgehead atoms. The molecule has 0 saturated carbocycles. The Morgan fingerprint density at radius 3 is 2.82 bits per heavy atom. The van der Waals surface area contributed by atoms with Crippen LogP contribution in [0.1, 0.15) is 18.9 Å². The van der Waals surface area contributed by atoms with E-state index < -0.39 is 0 Å². The fraction of sp³-hybridized carbons (Fsp3) is 0.462. The zero-order valence-electron chi connectivity index (χ0n) is 10.2. The molecule has 1 atom stereocenters. The van der Waals surface area contributed by atoms with Gasteiger partial charge in [-0.3, -0.25) is 4.79 Å². The third-order valence-electron chi connectivity index (χ3n) is 2.53. The van der Waals surface area contributed by atoms with Gasteiger partial charge in [-0.15, -0.1) is 0 Å². The molecule has 0 spiro atoms. The lowest BCUT2D eigenvalue weighted by Crippen LogP contribution is -2.30. The number of ether oxygens (including phenoxy) is 1. The van der Waals surface area contributed by atoms with Gasteiger partial charge in [0.2, 0.25) is 0 Å². The highest BCUT2D eigenvalue weighted by Gasteiger charge is 2.07. The first-order valence-electron chi connectivity index (χ1n) is 5.67. The van der Waals surface area contributed by atoms with Crippen LogP contribution in [0, 0.1) is 5.82 Å². The van der Waals surface area contributed by atoms with Crippen molar-refractivity contribution in [3.05, 3.63) is 35.6 Å². The Labute approximate surface area is 101 Å². The van der Waals surface area contributed by atoms with Crippen molar-refractivity contribution in [1.82, 2.24) is 5.32 Å². The summed E-state index contributed by atoms with van der Waals surface area (Å²) in [6.45, 7) is 2.51. The third-order valence-corrected chi connectivity index (χ3v) is 2.53. The SMILES string of the molecule is COC(=O)CCNC(C)Cc1ccccc1F. The Morgan fingerprint density at radius 2 is 2.18 bits per heavy atom. The first-order valence-corrected chi connectivity index (χ1v) is 5.67. The topological polar surface area (TPSA) is 38.3 Å². The average Bonchev–Trinajstić information content (AvgIpc) is 2.32. The van der Waals surface area contributed by atoms with Crippen LogP contribution in [0.4, 0.5) is 4.39 Å². The lowest BCUT2D eigenvalue weighted by molar-refractivity contribution is -0.140. The summed E-state index contributed by atoms with van der Waals surface area (Å²) in [5.41, 5.74) is 0.686.